The Morgan fingerprint density at radius 3 is 2.71 bits per heavy atom. The van der Waals surface area contributed by atoms with Crippen LogP contribution in [0.1, 0.15) is 33.6 Å². The van der Waals surface area contributed by atoms with Crippen LogP contribution in [0.2, 0.25) is 0 Å². The third kappa shape index (κ3) is 5.19. The average Bonchev–Trinajstić information content (AvgIpc) is 2.28. The molecule has 0 radical (unpaired) electrons. The van der Waals surface area contributed by atoms with E-state index in [1.807, 2.05) is 0 Å². The summed E-state index contributed by atoms with van der Waals surface area (Å²) in [5.41, 5.74) is 1.38. The third-order valence-corrected chi connectivity index (χ3v) is 3.42. The molecule has 17 heavy (non-hydrogen) atoms. The van der Waals surface area contributed by atoms with Crippen LogP contribution in [-0.4, -0.2) is 60.3 Å². The van der Waals surface area contributed by atoms with Crippen LogP contribution in [0.15, 0.2) is 11.6 Å². The van der Waals surface area contributed by atoms with Crippen molar-refractivity contribution in [2.75, 3.05) is 39.3 Å². The molecule has 0 aromatic carbocycles. The zero-order chi connectivity index (χ0) is 12.7. The number of rotatable bonds is 6. The minimum absolute atomic E-state index is 0.302. The highest BCUT2D eigenvalue weighted by Gasteiger charge is 2.25. The van der Waals surface area contributed by atoms with Crippen LogP contribution < -0.4 is 0 Å². The quantitative estimate of drug-likeness (QED) is 0.716. The van der Waals surface area contributed by atoms with Gasteiger partial charge in [-0.1, -0.05) is 18.6 Å². The van der Waals surface area contributed by atoms with E-state index in [1.54, 1.807) is 0 Å². The molecule has 3 nitrogen and oxygen atoms in total. The lowest BCUT2D eigenvalue weighted by atomic mass is 10.1. The lowest BCUT2D eigenvalue weighted by molar-refractivity contribution is 0.0678. The summed E-state index contributed by atoms with van der Waals surface area (Å²) in [7, 11) is 0. The zero-order valence-corrected chi connectivity index (χ0v) is 11.7. The van der Waals surface area contributed by atoms with Crippen LogP contribution in [-0.2, 0) is 0 Å². The van der Waals surface area contributed by atoms with Gasteiger partial charge in [0.15, 0.2) is 0 Å². The molecule has 1 atom stereocenters. The second kappa shape index (κ2) is 7.85. The van der Waals surface area contributed by atoms with Gasteiger partial charge < -0.3 is 10.0 Å². The van der Waals surface area contributed by atoms with Crippen molar-refractivity contribution in [2.45, 2.75) is 39.7 Å². The van der Waals surface area contributed by atoms with Crippen LogP contribution in [0.25, 0.3) is 0 Å². The van der Waals surface area contributed by atoms with Crippen molar-refractivity contribution in [3.63, 3.8) is 0 Å². The smallest absolute Gasteiger partial charge is 0.0446 e. The molecule has 1 fully saturated rings. The molecule has 1 aliphatic heterocycles. The summed E-state index contributed by atoms with van der Waals surface area (Å²) >= 11 is 0. The Morgan fingerprint density at radius 2 is 2.12 bits per heavy atom. The van der Waals surface area contributed by atoms with Gasteiger partial charge in [0.2, 0.25) is 0 Å². The van der Waals surface area contributed by atoms with E-state index in [2.05, 4.69) is 36.6 Å². The summed E-state index contributed by atoms with van der Waals surface area (Å²) in [6, 6.07) is 0.524. The Balaban J connectivity index is 2.49. The predicted octanol–water partition coefficient (Wildman–Crippen LogP) is 1.73. The first-order chi connectivity index (χ1) is 8.17. The molecule has 0 aliphatic carbocycles. The molecule has 0 amide bonds. The van der Waals surface area contributed by atoms with Crippen LogP contribution in [0.3, 0.4) is 0 Å². The molecule has 3 heteroatoms. The number of hydrogen-bond donors (Lipinski definition) is 1. The fourth-order valence-electron chi connectivity index (χ4n) is 2.44. The number of allylic oxidation sites excluding steroid dienone is 1. The van der Waals surface area contributed by atoms with Gasteiger partial charge in [0.25, 0.3) is 0 Å². The molecular formula is C14H28N2O. The van der Waals surface area contributed by atoms with Crippen molar-refractivity contribution < 1.29 is 5.11 Å². The van der Waals surface area contributed by atoms with E-state index in [1.165, 1.54) is 25.1 Å². The summed E-state index contributed by atoms with van der Waals surface area (Å²) < 4.78 is 0. The topological polar surface area (TPSA) is 26.7 Å². The van der Waals surface area contributed by atoms with E-state index in [9.17, 15) is 0 Å². The van der Waals surface area contributed by atoms with Crippen molar-refractivity contribution >= 4 is 0 Å². The predicted molar refractivity (Wildman–Crippen MR) is 73.2 cm³/mol. The Bertz CT molecular complexity index is 236. The van der Waals surface area contributed by atoms with E-state index < -0.39 is 0 Å². The molecule has 1 saturated heterocycles. The summed E-state index contributed by atoms with van der Waals surface area (Å²) in [6.45, 7) is 12.5. The molecule has 1 aliphatic rings. The van der Waals surface area contributed by atoms with Crippen LogP contribution >= 0.6 is 0 Å². The third-order valence-electron chi connectivity index (χ3n) is 3.42. The SMILES string of the molecule is CCCN1CCN(CC=C(C)C)[C@@H](CCO)C1. The average molecular weight is 240 g/mol. The molecule has 0 spiro atoms. The molecular weight excluding hydrogens is 212 g/mol. The second-order valence-electron chi connectivity index (χ2n) is 5.24. The summed E-state index contributed by atoms with van der Waals surface area (Å²) in [5, 5.41) is 9.17. The van der Waals surface area contributed by atoms with Crippen LogP contribution in [0.5, 0.6) is 0 Å². The molecule has 0 aromatic heterocycles. The first kappa shape index (κ1) is 14.7. The van der Waals surface area contributed by atoms with E-state index >= 15 is 0 Å². The van der Waals surface area contributed by atoms with Crippen molar-refractivity contribution in [3.8, 4) is 0 Å². The van der Waals surface area contributed by atoms with Gasteiger partial charge in [0.05, 0.1) is 0 Å². The number of nitrogens with zero attached hydrogens (tertiary/aromatic N) is 2. The maximum Gasteiger partial charge on any atom is 0.0446 e. The van der Waals surface area contributed by atoms with Gasteiger partial charge in [0, 0.05) is 38.8 Å². The molecule has 0 saturated carbocycles. The largest absolute Gasteiger partial charge is 0.396 e. The van der Waals surface area contributed by atoms with Crippen molar-refractivity contribution in [3.05, 3.63) is 11.6 Å². The van der Waals surface area contributed by atoms with Gasteiger partial charge in [-0.3, -0.25) is 4.90 Å². The van der Waals surface area contributed by atoms with Crippen molar-refractivity contribution in [1.29, 1.82) is 0 Å². The van der Waals surface area contributed by atoms with Crippen LogP contribution in [0, 0.1) is 0 Å². The summed E-state index contributed by atoms with van der Waals surface area (Å²) in [6.07, 6.45) is 4.41. The highest BCUT2D eigenvalue weighted by molar-refractivity contribution is 4.97. The van der Waals surface area contributed by atoms with Crippen LogP contribution in [0.4, 0.5) is 0 Å². The number of aliphatic hydroxyl groups excluding tert-OH is 1. The minimum Gasteiger partial charge on any atom is -0.396 e. The molecule has 0 unspecified atom stereocenters. The van der Waals surface area contributed by atoms with E-state index in [4.69, 9.17) is 5.11 Å². The summed E-state index contributed by atoms with van der Waals surface area (Å²) in [4.78, 5) is 5.04. The Labute approximate surface area is 106 Å². The first-order valence-corrected chi connectivity index (χ1v) is 6.88. The van der Waals surface area contributed by atoms with Gasteiger partial charge in [-0.2, -0.15) is 0 Å². The second-order valence-corrected chi connectivity index (χ2v) is 5.24. The van der Waals surface area contributed by atoms with Gasteiger partial charge in [-0.05, 0) is 33.2 Å². The standard InChI is InChI=1S/C14H28N2O/c1-4-7-15-9-10-16(8-5-13(2)3)14(12-15)6-11-17/h5,14,17H,4,6-12H2,1-3H3/t14-/m0/s1. The summed E-state index contributed by atoms with van der Waals surface area (Å²) in [5.74, 6) is 0. The minimum atomic E-state index is 0.302. The van der Waals surface area contributed by atoms with E-state index in [0.717, 1.165) is 26.1 Å². The fourth-order valence-corrected chi connectivity index (χ4v) is 2.44. The maximum atomic E-state index is 9.17. The Hall–Kier alpha value is -0.380. The zero-order valence-electron chi connectivity index (χ0n) is 11.7. The van der Waals surface area contributed by atoms with E-state index in [-0.39, 0.29) is 0 Å². The normalized spacial score (nSPS) is 22.7. The Morgan fingerprint density at radius 1 is 1.35 bits per heavy atom. The number of aliphatic hydroxyl groups is 1. The molecule has 1 heterocycles. The molecule has 1 N–H and O–H groups in total. The van der Waals surface area contributed by atoms with Gasteiger partial charge in [0.1, 0.15) is 0 Å². The van der Waals surface area contributed by atoms with Gasteiger partial charge >= 0.3 is 0 Å². The van der Waals surface area contributed by atoms with Crippen molar-refractivity contribution in [1.82, 2.24) is 9.80 Å². The molecule has 1 rings (SSSR count). The molecule has 0 aromatic rings. The lowest BCUT2D eigenvalue weighted by Gasteiger charge is -2.41. The monoisotopic (exact) mass is 240 g/mol. The first-order valence-electron chi connectivity index (χ1n) is 6.88. The van der Waals surface area contributed by atoms with E-state index in [0.29, 0.717) is 12.6 Å². The highest BCUT2D eigenvalue weighted by Crippen LogP contribution is 2.13. The molecule has 0 bridgehead atoms. The van der Waals surface area contributed by atoms with Gasteiger partial charge in [-0.15, -0.1) is 0 Å². The highest BCUT2D eigenvalue weighted by atomic mass is 16.3. The number of piperazine rings is 1. The molecule has 100 valence electrons. The lowest BCUT2D eigenvalue weighted by Crippen LogP contribution is -2.53. The number of hydrogen-bond acceptors (Lipinski definition) is 3. The van der Waals surface area contributed by atoms with Gasteiger partial charge in [-0.25, -0.2) is 0 Å². The van der Waals surface area contributed by atoms with Crippen molar-refractivity contribution in [2.24, 2.45) is 0 Å². The Kier molecular flexibility index (Phi) is 6.78. The maximum absolute atomic E-state index is 9.17. The fraction of sp³-hybridized carbons (Fsp3) is 0.857.